The molecule has 0 bridgehead atoms. The van der Waals surface area contributed by atoms with Crippen LogP contribution < -0.4 is 10.6 Å². The van der Waals surface area contributed by atoms with Gasteiger partial charge in [0.05, 0.1) is 6.54 Å². The topological polar surface area (TPSA) is 95.5 Å². The molecule has 1 fully saturated rings. The summed E-state index contributed by atoms with van der Waals surface area (Å²) < 4.78 is 0. The lowest BCUT2D eigenvalue weighted by molar-refractivity contribution is -0.141. The Labute approximate surface area is 106 Å². The van der Waals surface area contributed by atoms with Gasteiger partial charge in [0.1, 0.15) is 6.04 Å². The molecule has 1 rings (SSSR count). The number of carboxylic acids is 1. The Morgan fingerprint density at radius 1 is 1.22 bits per heavy atom. The van der Waals surface area contributed by atoms with Crippen LogP contribution in [0, 0.1) is 5.92 Å². The Kier molecular flexibility index (Phi) is 5.61. The van der Waals surface area contributed by atoms with Gasteiger partial charge in [0.2, 0.25) is 11.8 Å². The Hall–Kier alpha value is -1.59. The highest BCUT2D eigenvalue weighted by Gasteiger charge is 2.19. The minimum Gasteiger partial charge on any atom is -0.480 e. The fourth-order valence-electron chi connectivity index (χ4n) is 2.08. The molecule has 0 radical (unpaired) electrons. The van der Waals surface area contributed by atoms with E-state index in [0.29, 0.717) is 12.3 Å². The second kappa shape index (κ2) is 6.98. The van der Waals surface area contributed by atoms with Crippen LogP contribution in [0.1, 0.15) is 39.0 Å². The molecule has 102 valence electrons. The fraction of sp³-hybridized carbons (Fsp3) is 0.750. The Bertz CT molecular complexity index is 324. The first-order chi connectivity index (χ1) is 8.49. The molecule has 0 aromatic rings. The molecular formula is C12H20N2O4. The van der Waals surface area contributed by atoms with Crippen molar-refractivity contribution in [2.75, 3.05) is 6.54 Å². The Morgan fingerprint density at radius 3 is 2.39 bits per heavy atom. The van der Waals surface area contributed by atoms with Gasteiger partial charge in [-0.15, -0.1) is 0 Å². The van der Waals surface area contributed by atoms with Crippen LogP contribution in [0.4, 0.5) is 0 Å². The zero-order valence-electron chi connectivity index (χ0n) is 10.6. The smallest absolute Gasteiger partial charge is 0.325 e. The molecule has 0 unspecified atom stereocenters. The number of carboxylic acid groups (broad SMARTS) is 1. The second-order valence-electron chi connectivity index (χ2n) is 4.76. The van der Waals surface area contributed by atoms with Crippen molar-refractivity contribution in [2.45, 2.75) is 45.1 Å². The van der Waals surface area contributed by atoms with E-state index in [2.05, 4.69) is 10.6 Å². The summed E-state index contributed by atoms with van der Waals surface area (Å²) in [6, 6.07) is -0.941. The minimum absolute atomic E-state index is 0.139. The maximum atomic E-state index is 11.5. The zero-order chi connectivity index (χ0) is 13.5. The number of aliphatic carboxylic acids is 1. The molecule has 0 aromatic heterocycles. The number of hydrogen-bond donors (Lipinski definition) is 3. The SMILES string of the molecule is C[C@@H](NC(=O)CNC(=O)CC1CCCC1)C(=O)O. The summed E-state index contributed by atoms with van der Waals surface area (Å²) in [6.07, 6.45) is 4.97. The van der Waals surface area contributed by atoms with E-state index < -0.39 is 17.9 Å². The van der Waals surface area contributed by atoms with Crippen LogP contribution in [0.5, 0.6) is 0 Å². The van der Waals surface area contributed by atoms with Crippen molar-refractivity contribution in [1.82, 2.24) is 10.6 Å². The average Bonchev–Trinajstić information content (AvgIpc) is 2.79. The maximum Gasteiger partial charge on any atom is 0.325 e. The molecule has 6 heteroatoms. The molecule has 0 spiro atoms. The minimum atomic E-state index is -1.10. The summed E-state index contributed by atoms with van der Waals surface area (Å²) in [5, 5.41) is 13.4. The van der Waals surface area contributed by atoms with Crippen LogP contribution in [0.3, 0.4) is 0 Å². The van der Waals surface area contributed by atoms with Gasteiger partial charge in [-0.1, -0.05) is 12.8 Å². The van der Waals surface area contributed by atoms with Crippen LogP contribution in [-0.2, 0) is 14.4 Å². The maximum absolute atomic E-state index is 11.5. The largest absolute Gasteiger partial charge is 0.480 e. The van der Waals surface area contributed by atoms with Crippen LogP contribution in [0.25, 0.3) is 0 Å². The van der Waals surface area contributed by atoms with E-state index in [0.717, 1.165) is 12.8 Å². The van der Waals surface area contributed by atoms with E-state index >= 15 is 0 Å². The Morgan fingerprint density at radius 2 is 1.83 bits per heavy atom. The molecule has 1 aliphatic carbocycles. The van der Waals surface area contributed by atoms with Crippen molar-refractivity contribution in [1.29, 1.82) is 0 Å². The van der Waals surface area contributed by atoms with Gasteiger partial charge >= 0.3 is 5.97 Å². The van der Waals surface area contributed by atoms with Crippen molar-refractivity contribution in [3.05, 3.63) is 0 Å². The molecule has 1 saturated carbocycles. The Balaban J connectivity index is 2.17. The van der Waals surface area contributed by atoms with E-state index in [9.17, 15) is 14.4 Å². The third-order valence-corrected chi connectivity index (χ3v) is 3.14. The molecule has 18 heavy (non-hydrogen) atoms. The third-order valence-electron chi connectivity index (χ3n) is 3.14. The van der Waals surface area contributed by atoms with E-state index in [-0.39, 0.29) is 12.5 Å². The van der Waals surface area contributed by atoms with Crippen LogP contribution in [0.2, 0.25) is 0 Å². The second-order valence-corrected chi connectivity index (χ2v) is 4.76. The molecule has 2 amide bonds. The van der Waals surface area contributed by atoms with Gasteiger partial charge in [0, 0.05) is 6.42 Å². The van der Waals surface area contributed by atoms with Crippen molar-refractivity contribution in [3.8, 4) is 0 Å². The first-order valence-electron chi connectivity index (χ1n) is 6.28. The van der Waals surface area contributed by atoms with Gasteiger partial charge in [0.15, 0.2) is 0 Å². The van der Waals surface area contributed by atoms with Crippen molar-refractivity contribution in [3.63, 3.8) is 0 Å². The molecule has 3 N–H and O–H groups in total. The molecule has 0 aliphatic heterocycles. The monoisotopic (exact) mass is 256 g/mol. The highest BCUT2D eigenvalue weighted by molar-refractivity contribution is 5.87. The highest BCUT2D eigenvalue weighted by Crippen LogP contribution is 2.27. The summed E-state index contributed by atoms with van der Waals surface area (Å²) in [5.41, 5.74) is 0. The number of carbonyl (C=O) groups excluding carboxylic acids is 2. The number of amides is 2. The number of carbonyl (C=O) groups is 3. The normalized spacial score (nSPS) is 17.2. The van der Waals surface area contributed by atoms with Gasteiger partial charge in [-0.3, -0.25) is 14.4 Å². The summed E-state index contributed by atoms with van der Waals surface area (Å²) in [5.74, 6) is -1.28. The van der Waals surface area contributed by atoms with Crippen molar-refractivity contribution in [2.24, 2.45) is 5.92 Å². The quantitative estimate of drug-likeness (QED) is 0.635. The summed E-state index contributed by atoms with van der Waals surface area (Å²) in [4.78, 5) is 33.3. The van der Waals surface area contributed by atoms with Gasteiger partial charge in [-0.05, 0) is 25.7 Å². The third kappa shape index (κ3) is 5.16. The highest BCUT2D eigenvalue weighted by atomic mass is 16.4. The predicted octanol–water partition coefficient (Wildman–Crippen LogP) is 0.272. The van der Waals surface area contributed by atoms with E-state index in [1.165, 1.54) is 19.8 Å². The molecule has 0 aromatic carbocycles. The van der Waals surface area contributed by atoms with E-state index in [4.69, 9.17) is 5.11 Å². The molecule has 6 nitrogen and oxygen atoms in total. The molecule has 0 heterocycles. The van der Waals surface area contributed by atoms with Gasteiger partial charge < -0.3 is 15.7 Å². The van der Waals surface area contributed by atoms with Gasteiger partial charge in [0.25, 0.3) is 0 Å². The van der Waals surface area contributed by atoms with Gasteiger partial charge in [-0.2, -0.15) is 0 Å². The summed E-state index contributed by atoms with van der Waals surface area (Å²) in [7, 11) is 0. The van der Waals surface area contributed by atoms with Crippen LogP contribution >= 0.6 is 0 Å². The predicted molar refractivity (Wildman–Crippen MR) is 64.8 cm³/mol. The lowest BCUT2D eigenvalue weighted by Crippen LogP contribution is -2.44. The summed E-state index contributed by atoms with van der Waals surface area (Å²) in [6.45, 7) is 1.21. The standard InChI is InChI=1S/C12H20N2O4/c1-8(12(17)18)14-11(16)7-13-10(15)6-9-4-2-3-5-9/h8-9H,2-7H2,1H3,(H,13,15)(H,14,16)(H,17,18)/t8-/m1/s1. The molecule has 1 aliphatic rings. The van der Waals surface area contributed by atoms with Gasteiger partial charge in [-0.25, -0.2) is 0 Å². The number of hydrogen-bond acceptors (Lipinski definition) is 3. The van der Waals surface area contributed by atoms with Crippen molar-refractivity contribution < 1.29 is 19.5 Å². The van der Waals surface area contributed by atoms with Crippen LogP contribution in [0.15, 0.2) is 0 Å². The van der Waals surface area contributed by atoms with Crippen LogP contribution in [-0.4, -0.2) is 35.5 Å². The fourth-order valence-corrected chi connectivity index (χ4v) is 2.08. The van der Waals surface area contributed by atoms with Crippen molar-refractivity contribution >= 4 is 17.8 Å². The molecule has 1 atom stereocenters. The molecule has 0 saturated heterocycles. The lowest BCUT2D eigenvalue weighted by atomic mass is 10.0. The zero-order valence-corrected chi connectivity index (χ0v) is 10.6. The average molecular weight is 256 g/mol. The number of nitrogens with one attached hydrogen (secondary N) is 2. The van der Waals surface area contributed by atoms with E-state index in [1.807, 2.05) is 0 Å². The first kappa shape index (κ1) is 14.5. The molecular weight excluding hydrogens is 236 g/mol. The lowest BCUT2D eigenvalue weighted by Gasteiger charge is -2.11. The van der Waals surface area contributed by atoms with E-state index in [1.54, 1.807) is 0 Å². The summed E-state index contributed by atoms with van der Waals surface area (Å²) >= 11 is 0. The number of rotatable bonds is 6. The first-order valence-corrected chi connectivity index (χ1v) is 6.28.